The van der Waals surface area contributed by atoms with Crippen molar-refractivity contribution in [3.63, 3.8) is 0 Å². The molecule has 7 heteroatoms. The molecule has 0 heterocycles. The first-order valence-corrected chi connectivity index (χ1v) is 7.71. The molecule has 0 fully saturated rings. The molecule has 0 atom stereocenters. The lowest BCUT2D eigenvalue weighted by atomic mass is 9.95. The van der Waals surface area contributed by atoms with E-state index in [1.54, 1.807) is 33.8 Å². The number of anilines is 1. The predicted octanol–water partition coefficient (Wildman–Crippen LogP) is 1.72. The van der Waals surface area contributed by atoms with Gasteiger partial charge in [0.15, 0.2) is 0 Å². The lowest BCUT2D eigenvalue weighted by Crippen LogP contribution is -2.27. The predicted molar refractivity (Wildman–Crippen MR) is 77.1 cm³/mol. The van der Waals surface area contributed by atoms with E-state index in [2.05, 4.69) is 5.32 Å². The van der Waals surface area contributed by atoms with E-state index in [1.807, 2.05) is 0 Å². The zero-order valence-electron chi connectivity index (χ0n) is 12.1. The van der Waals surface area contributed by atoms with E-state index in [1.165, 1.54) is 12.1 Å². The largest absolute Gasteiger partial charge is 0.492 e. The van der Waals surface area contributed by atoms with Crippen molar-refractivity contribution in [2.75, 3.05) is 11.9 Å². The minimum Gasteiger partial charge on any atom is -0.492 e. The Balaban J connectivity index is 3.17. The molecule has 0 aliphatic heterocycles. The second-order valence-electron chi connectivity index (χ2n) is 5.34. The van der Waals surface area contributed by atoms with Crippen LogP contribution in [0, 0.1) is 5.41 Å². The number of nitrogens with two attached hydrogens (primary N) is 1. The van der Waals surface area contributed by atoms with Gasteiger partial charge in [0, 0.05) is 11.1 Å². The number of primary sulfonamides is 1. The van der Waals surface area contributed by atoms with Crippen LogP contribution < -0.4 is 15.2 Å². The van der Waals surface area contributed by atoms with Crippen LogP contribution in [0.2, 0.25) is 0 Å². The number of amides is 1. The van der Waals surface area contributed by atoms with Crippen molar-refractivity contribution in [3.05, 3.63) is 18.2 Å². The van der Waals surface area contributed by atoms with Crippen LogP contribution in [-0.2, 0) is 14.8 Å². The molecular weight excluding hydrogens is 280 g/mol. The van der Waals surface area contributed by atoms with Gasteiger partial charge >= 0.3 is 0 Å². The minimum absolute atomic E-state index is 0.147. The van der Waals surface area contributed by atoms with Crippen molar-refractivity contribution < 1.29 is 17.9 Å². The van der Waals surface area contributed by atoms with Crippen LogP contribution in [0.5, 0.6) is 5.75 Å². The molecule has 6 nitrogen and oxygen atoms in total. The summed E-state index contributed by atoms with van der Waals surface area (Å²) in [5.41, 5.74) is -0.224. The normalized spacial score (nSPS) is 12.1. The number of nitrogens with one attached hydrogen (secondary N) is 1. The summed E-state index contributed by atoms with van der Waals surface area (Å²) < 4.78 is 28.3. The first kappa shape index (κ1) is 16.5. The first-order valence-electron chi connectivity index (χ1n) is 6.17. The quantitative estimate of drug-likeness (QED) is 0.884. The average molecular weight is 300 g/mol. The number of sulfonamides is 1. The monoisotopic (exact) mass is 300 g/mol. The molecule has 0 saturated carbocycles. The fraction of sp³-hybridized carbons (Fsp3) is 0.462. The van der Waals surface area contributed by atoms with Crippen molar-refractivity contribution >= 4 is 21.6 Å². The maximum atomic E-state index is 11.9. The number of carbonyl (C=O) groups excluding carboxylic acids is 1. The molecule has 0 radical (unpaired) electrons. The Morgan fingerprint density at radius 3 is 2.40 bits per heavy atom. The first-order chi connectivity index (χ1) is 9.05. The molecule has 0 aliphatic carbocycles. The summed E-state index contributed by atoms with van der Waals surface area (Å²) in [5, 5.41) is 7.80. The van der Waals surface area contributed by atoms with Gasteiger partial charge in [-0.05, 0) is 25.1 Å². The fourth-order valence-electron chi connectivity index (χ4n) is 1.40. The zero-order chi connectivity index (χ0) is 15.6. The molecule has 0 saturated heterocycles. The highest BCUT2D eigenvalue weighted by Gasteiger charge is 2.22. The van der Waals surface area contributed by atoms with Crippen LogP contribution in [0.25, 0.3) is 0 Å². The van der Waals surface area contributed by atoms with Gasteiger partial charge in [0.25, 0.3) is 0 Å². The molecule has 3 N–H and O–H groups in total. The summed E-state index contributed by atoms with van der Waals surface area (Å²) in [7, 11) is -3.93. The molecule has 0 bridgehead atoms. The Morgan fingerprint density at radius 2 is 1.95 bits per heavy atom. The Morgan fingerprint density at radius 1 is 1.35 bits per heavy atom. The van der Waals surface area contributed by atoms with Crippen LogP contribution in [0.15, 0.2) is 23.1 Å². The third-order valence-corrected chi connectivity index (χ3v) is 3.42. The highest BCUT2D eigenvalue weighted by molar-refractivity contribution is 7.89. The van der Waals surface area contributed by atoms with E-state index >= 15 is 0 Å². The number of hydrogen-bond acceptors (Lipinski definition) is 4. The average Bonchev–Trinajstić information content (AvgIpc) is 2.28. The molecule has 1 aromatic carbocycles. The minimum atomic E-state index is -3.93. The van der Waals surface area contributed by atoms with Crippen LogP contribution in [0.3, 0.4) is 0 Å². The van der Waals surface area contributed by atoms with Gasteiger partial charge in [0.1, 0.15) is 10.6 Å². The van der Waals surface area contributed by atoms with E-state index < -0.39 is 15.4 Å². The highest BCUT2D eigenvalue weighted by Crippen LogP contribution is 2.27. The lowest BCUT2D eigenvalue weighted by molar-refractivity contribution is -0.123. The molecule has 1 rings (SSSR count). The second-order valence-corrected chi connectivity index (χ2v) is 6.87. The summed E-state index contributed by atoms with van der Waals surface area (Å²) in [6.45, 7) is 7.34. The summed E-state index contributed by atoms with van der Waals surface area (Å²) in [6.07, 6.45) is 0. The molecule has 112 valence electrons. The summed E-state index contributed by atoms with van der Waals surface area (Å²) in [6, 6.07) is 4.34. The van der Waals surface area contributed by atoms with Gasteiger partial charge in [0.05, 0.1) is 6.61 Å². The Kier molecular flexibility index (Phi) is 4.77. The smallest absolute Gasteiger partial charge is 0.241 e. The van der Waals surface area contributed by atoms with E-state index in [0.29, 0.717) is 12.3 Å². The van der Waals surface area contributed by atoms with Gasteiger partial charge in [-0.1, -0.05) is 20.8 Å². The fourth-order valence-corrected chi connectivity index (χ4v) is 2.10. The Hall–Kier alpha value is -1.60. The van der Waals surface area contributed by atoms with Crippen molar-refractivity contribution in [3.8, 4) is 5.75 Å². The topological polar surface area (TPSA) is 98.5 Å². The van der Waals surface area contributed by atoms with Gasteiger partial charge in [0.2, 0.25) is 15.9 Å². The number of rotatable bonds is 4. The van der Waals surface area contributed by atoms with E-state index in [-0.39, 0.29) is 16.6 Å². The van der Waals surface area contributed by atoms with Gasteiger partial charge in [-0.25, -0.2) is 13.6 Å². The molecular formula is C13H20N2O4S. The van der Waals surface area contributed by atoms with Crippen LogP contribution in [0.4, 0.5) is 5.69 Å². The van der Waals surface area contributed by atoms with Gasteiger partial charge in [-0.15, -0.1) is 0 Å². The molecule has 0 unspecified atom stereocenters. The van der Waals surface area contributed by atoms with E-state index in [9.17, 15) is 13.2 Å². The van der Waals surface area contributed by atoms with Gasteiger partial charge < -0.3 is 10.1 Å². The van der Waals surface area contributed by atoms with Crippen molar-refractivity contribution in [2.45, 2.75) is 32.6 Å². The van der Waals surface area contributed by atoms with E-state index in [4.69, 9.17) is 9.88 Å². The van der Waals surface area contributed by atoms with Crippen molar-refractivity contribution in [1.29, 1.82) is 0 Å². The van der Waals surface area contributed by atoms with E-state index in [0.717, 1.165) is 0 Å². The zero-order valence-corrected chi connectivity index (χ0v) is 12.9. The molecule has 0 aromatic heterocycles. The molecule has 0 spiro atoms. The Bertz CT molecular complexity index is 603. The summed E-state index contributed by atoms with van der Waals surface area (Å²) in [4.78, 5) is 11.7. The number of ether oxygens (including phenoxy) is 1. The molecule has 20 heavy (non-hydrogen) atoms. The van der Waals surface area contributed by atoms with Crippen molar-refractivity contribution in [1.82, 2.24) is 0 Å². The highest BCUT2D eigenvalue weighted by atomic mass is 32.2. The number of benzene rings is 1. The maximum Gasteiger partial charge on any atom is 0.241 e. The maximum absolute atomic E-state index is 11.9. The second kappa shape index (κ2) is 5.80. The number of hydrogen-bond donors (Lipinski definition) is 2. The number of carbonyl (C=O) groups is 1. The Labute approximate surface area is 119 Å². The van der Waals surface area contributed by atoms with Crippen LogP contribution >= 0.6 is 0 Å². The lowest BCUT2D eigenvalue weighted by Gasteiger charge is -2.18. The third kappa shape index (κ3) is 4.21. The molecule has 0 aliphatic rings. The van der Waals surface area contributed by atoms with Crippen LogP contribution in [0.1, 0.15) is 27.7 Å². The summed E-state index contributed by atoms with van der Waals surface area (Å²) in [5.74, 6) is -0.0502. The van der Waals surface area contributed by atoms with Gasteiger partial charge in [-0.2, -0.15) is 0 Å². The van der Waals surface area contributed by atoms with Gasteiger partial charge in [-0.3, -0.25) is 4.79 Å². The molecule has 1 aromatic rings. The van der Waals surface area contributed by atoms with Crippen LogP contribution in [-0.4, -0.2) is 20.9 Å². The van der Waals surface area contributed by atoms with Crippen molar-refractivity contribution in [2.24, 2.45) is 10.6 Å². The third-order valence-electron chi connectivity index (χ3n) is 2.49. The SMILES string of the molecule is CCOc1ccc(NC(=O)C(C)(C)C)cc1S(N)(=O)=O. The summed E-state index contributed by atoms with van der Waals surface area (Å²) >= 11 is 0. The standard InChI is InChI=1S/C13H20N2O4S/c1-5-19-10-7-6-9(8-11(10)20(14,17)18)15-12(16)13(2,3)4/h6-8H,5H2,1-4H3,(H,15,16)(H2,14,17,18). The molecule has 1 amide bonds.